The van der Waals surface area contributed by atoms with Crippen LogP contribution in [0.15, 0.2) is 65.6 Å². The number of amides is 1. The monoisotopic (exact) mass is 547 g/mol. The van der Waals surface area contributed by atoms with Gasteiger partial charge in [0.2, 0.25) is 5.91 Å². The molecule has 1 aliphatic rings. The molecule has 0 saturated carbocycles. The molecule has 0 saturated heterocycles. The lowest BCUT2D eigenvalue weighted by Crippen LogP contribution is -2.31. The first-order chi connectivity index (χ1) is 16.8. The van der Waals surface area contributed by atoms with E-state index in [9.17, 15) is 13.2 Å². The lowest BCUT2D eigenvalue weighted by molar-refractivity contribution is -0.120. The van der Waals surface area contributed by atoms with Gasteiger partial charge in [-0.2, -0.15) is 0 Å². The van der Waals surface area contributed by atoms with E-state index in [1.807, 2.05) is 24.3 Å². The Morgan fingerprint density at radius 2 is 1.94 bits per heavy atom. The van der Waals surface area contributed by atoms with Crippen LogP contribution in [-0.4, -0.2) is 25.9 Å². The molecule has 7 nitrogen and oxygen atoms in total. The van der Waals surface area contributed by atoms with E-state index in [2.05, 4.69) is 15.0 Å². The number of anilines is 2. The van der Waals surface area contributed by atoms with Crippen LogP contribution in [0.25, 0.3) is 10.2 Å². The number of aromatic nitrogens is 1. The van der Waals surface area contributed by atoms with Gasteiger partial charge in [0.1, 0.15) is 5.75 Å². The van der Waals surface area contributed by atoms with E-state index in [1.54, 1.807) is 30.3 Å². The Hall–Kier alpha value is -2.85. The molecule has 0 bridgehead atoms. The van der Waals surface area contributed by atoms with E-state index in [1.165, 1.54) is 17.4 Å². The Morgan fingerprint density at radius 1 is 1.11 bits per heavy atom. The van der Waals surface area contributed by atoms with E-state index in [-0.39, 0.29) is 23.3 Å². The second-order valence-electron chi connectivity index (χ2n) is 8.01. The molecule has 0 aliphatic carbocycles. The molecule has 4 aromatic rings. The van der Waals surface area contributed by atoms with E-state index < -0.39 is 10.0 Å². The fourth-order valence-electron chi connectivity index (χ4n) is 3.85. The molecule has 1 aliphatic heterocycles. The van der Waals surface area contributed by atoms with E-state index in [0.29, 0.717) is 39.5 Å². The van der Waals surface area contributed by atoms with Gasteiger partial charge < -0.3 is 10.1 Å². The molecule has 0 fully saturated rings. The summed E-state index contributed by atoms with van der Waals surface area (Å²) in [5.74, 6) is -0.0164. The largest absolute Gasteiger partial charge is 0.492 e. The zero-order valence-electron chi connectivity index (χ0n) is 18.1. The van der Waals surface area contributed by atoms with Crippen molar-refractivity contribution in [3.63, 3.8) is 0 Å². The molecular formula is C24H19Cl2N3O4S2. The maximum atomic E-state index is 13.0. The highest BCUT2D eigenvalue weighted by Gasteiger charge is 2.28. The fourth-order valence-corrected chi connectivity index (χ4v) is 6.46. The summed E-state index contributed by atoms with van der Waals surface area (Å²) in [7, 11) is -3.85. The number of sulfonamides is 1. The van der Waals surface area contributed by atoms with Gasteiger partial charge in [-0.05, 0) is 66.9 Å². The van der Waals surface area contributed by atoms with Gasteiger partial charge in [-0.25, -0.2) is 13.4 Å². The fraction of sp³-hybridized carbons (Fsp3) is 0.167. The van der Waals surface area contributed by atoms with Gasteiger partial charge in [0, 0.05) is 16.6 Å². The number of nitrogens with one attached hydrogen (secondary N) is 2. The SMILES string of the molecule is O=C1Nc2ccc(S(=O)(=O)Nc3nc4ccccc4s3)cc2CC1CCOc1ccc(Cl)cc1Cl. The van der Waals surface area contributed by atoms with E-state index in [4.69, 9.17) is 27.9 Å². The lowest BCUT2D eigenvalue weighted by Gasteiger charge is -2.25. The standard InChI is InChI=1S/C24H19Cl2N3O4S2/c25-16-5-8-21(18(26)13-16)33-10-9-14-11-15-12-17(6-7-19(15)27-23(14)30)35(31,32)29-24-28-20-3-1-2-4-22(20)34-24/h1-8,12-14H,9-11H2,(H,27,30)(H,28,29). The molecule has 2 heterocycles. The number of benzene rings is 3. The Bertz CT molecular complexity index is 1510. The first-order valence-electron chi connectivity index (χ1n) is 10.7. The average Bonchev–Trinajstić information content (AvgIpc) is 3.22. The number of rotatable bonds is 7. The summed E-state index contributed by atoms with van der Waals surface area (Å²) in [6, 6.07) is 17.1. The quantitative estimate of drug-likeness (QED) is 0.296. The van der Waals surface area contributed by atoms with E-state index >= 15 is 0 Å². The maximum Gasteiger partial charge on any atom is 0.263 e. The number of halogens is 2. The Morgan fingerprint density at radius 3 is 2.74 bits per heavy atom. The van der Waals surface area contributed by atoms with Crippen LogP contribution in [0.1, 0.15) is 12.0 Å². The van der Waals surface area contributed by atoms with Crippen molar-refractivity contribution in [2.75, 3.05) is 16.6 Å². The zero-order chi connectivity index (χ0) is 24.6. The Kier molecular flexibility index (Phi) is 6.59. The van der Waals surface area contributed by atoms with Crippen LogP contribution in [0.2, 0.25) is 10.0 Å². The number of carbonyl (C=O) groups is 1. The molecule has 0 spiro atoms. The van der Waals surface area contributed by atoms with Crippen molar-refractivity contribution in [1.29, 1.82) is 0 Å². The lowest BCUT2D eigenvalue weighted by atomic mass is 9.91. The van der Waals surface area contributed by atoms with Crippen molar-refractivity contribution in [3.8, 4) is 5.75 Å². The van der Waals surface area contributed by atoms with Crippen molar-refractivity contribution >= 4 is 71.5 Å². The normalized spacial score (nSPS) is 15.5. The summed E-state index contributed by atoms with van der Waals surface area (Å²) >= 11 is 13.3. The summed E-state index contributed by atoms with van der Waals surface area (Å²) < 4.78 is 35.2. The number of para-hydroxylation sites is 1. The highest BCUT2D eigenvalue weighted by molar-refractivity contribution is 7.93. The third-order valence-electron chi connectivity index (χ3n) is 5.62. The van der Waals surface area contributed by atoms with Gasteiger partial charge in [0.05, 0.1) is 26.7 Å². The van der Waals surface area contributed by atoms with Gasteiger partial charge in [0.15, 0.2) is 5.13 Å². The smallest absolute Gasteiger partial charge is 0.263 e. The third-order valence-corrected chi connectivity index (χ3v) is 8.56. The molecule has 0 radical (unpaired) electrons. The van der Waals surface area contributed by atoms with Crippen LogP contribution < -0.4 is 14.8 Å². The van der Waals surface area contributed by atoms with Crippen LogP contribution in [0.3, 0.4) is 0 Å². The molecule has 1 amide bonds. The highest BCUT2D eigenvalue weighted by Crippen LogP contribution is 2.32. The minimum absolute atomic E-state index is 0.106. The molecule has 11 heteroatoms. The molecule has 1 aromatic heterocycles. The molecule has 3 aromatic carbocycles. The summed E-state index contributed by atoms with van der Waals surface area (Å²) in [5, 5.41) is 4.06. The number of carbonyl (C=O) groups excluding carboxylic acids is 1. The van der Waals surface area contributed by atoms with Crippen LogP contribution in [-0.2, 0) is 21.2 Å². The molecule has 2 N–H and O–H groups in total. The second kappa shape index (κ2) is 9.66. The Balaban J connectivity index is 1.29. The molecule has 35 heavy (non-hydrogen) atoms. The molecular weight excluding hydrogens is 529 g/mol. The van der Waals surface area contributed by atoms with Crippen molar-refractivity contribution in [2.24, 2.45) is 5.92 Å². The van der Waals surface area contributed by atoms with Crippen molar-refractivity contribution in [1.82, 2.24) is 4.98 Å². The summed E-state index contributed by atoms with van der Waals surface area (Å²) in [5.41, 5.74) is 2.08. The number of hydrogen-bond acceptors (Lipinski definition) is 6. The first-order valence-corrected chi connectivity index (χ1v) is 13.7. The second-order valence-corrected chi connectivity index (χ2v) is 11.6. The van der Waals surface area contributed by atoms with Gasteiger partial charge in [0.25, 0.3) is 10.0 Å². The van der Waals surface area contributed by atoms with Crippen LogP contribution in [0.4, 0.5) is 10.8 Å². The van der Waals surface area contributed by atoms with Gasteiger partial charge in [-0.15, -0.1) is 0 Å². The predicted octanol–water partition coefficient (Wildman–Crippen LogP) is 5.98. The number of ether oxygens (including phenoxy) is 1. The molecule has 1 unspecified atom stereocenters. The molecule has 180 valence electrons. The van der Waals surface area contributed by atoms with Gasteiger partial charge in [-0.3, -0.25) is 9.52 Å². The van der Waals surface area contributed by atoms with Crippen LogP contribution >= 0.6 is 34.5 Å². The molecule has 1 atom stereocenters. The van der Waals surface area contributed by atoms with Crippen LogP contribution in [0, 0.1) is 5.92 Å². The third kappa shape index (κ3) is 5.23. The van der Waals surface area contributed by atoms with Crippen LogP contribution in [0.5, 0.6) is 5.75 Å². The number of nitrogens with zero attached hydrogens (tertiary/aromatic N) is 1. The average molecular weight is 548 g/mol. The predicted molar refractivity (Wildman–Crippen MR) is 139 cm³/mol. The maximum absolute atomic E-state index is 13.0. The molecule has 5 rings (SSSR count). The minimum Gasteiger partial charge on any atom is -0.492 e. The summed E-state index contributed by atoms with van der Waals surface area (Å²) in [6.45, 7) is 0.270. The van der Waals surface area contributed by atoms with E-state index in [0.717, 1.165) is 15.8 Å². The van der Waals surface area contributed by atoms with Gasteiger partial charge >= 0.3 is 0 Å². The summed E-state index contributed by atoms with van der Waals surface area (Å²) in [6.07, 6.45) is 0.828. The number of thiazole rings is 1. The topological polar surface area (TPSA) is 97.4 Å². The van der Waals surface area contributed by atoms with Gasteiger partial charge in [-0.1, -0.05) is 46.7 Å². The van der Waals surface area contributed by atoms with Crippen molar-refractivity contribution in [2.45, 2.75) is 17.7 Å². The minimum atomic E-state index is -3.85. The first kappa shape index (κ1) is 23.9. The Labute approximate surface area is 216 Å². The number of hydrogen-bond donors (Lipinski definition) is 2. The van der Waals surface area contributed by atoms with Crippen molar-refractivity contribution < 1.29 is 17.9 Å². The van der Waals surface area contributed by atoms with Crippen molar-refractivity contribution in [3.05, 3.63) is 76.3 Å². The highest BCUT2D eigenvalue weighted by atomic mass is 35.5. The summed E-state index contributed by atoms with van der Waals surface area (Å²) in [4.78, 5) is 17.0. The zero-order valence-corrected chi connectivity index (χ0v) is 21.3. The number of fused-ring (bicyclic) bond motifs is 2.